The van der Waals surface area contributed by atoms with E-state index in [0.29, 0.717) is 19.1 Å². The topological polar surface area (TPSA) is 71.8 Å². The Hall–Kier alpha value is -2.37. The van der Waals surface area contributed by atoms with Crippen molar-refractivity contribution in [1.82, 2.24) is 25.4 Å². The molecule has 2 amide bonds. The zero-order chi connectivity index (χ0) is 16.8. The number of aromatic nitrogens is 3. The second-order valence-corrected chi connectivity index (χ2v) is 6.69. The second kappa shape index (κ2) is 7.95. The molecule has 0 bridgehead atoms. The number of carbonyl (C=O) groups is 1. The van der Waals surface area contributed by atoms with E-state index in [4.69, 9.17) is 0 Å². The highest BCUT2D eigenvalue weighted by Crippen LogP contribution is 2.23. The first-order chi connectivity index (χ1) is 11.7. The summed E-state index contributed by atoms with van der Waals surface area (Å²) < 4.78 is 1.78. The Bertz CT molecular complexity index is 630. The Kier molecular flexibility index (Phi) is 5.46. The Morgan fingerprint density at radius 1 is 1.17 bits per heavy atom. The number of hydrogen-bond donors (Lipinski definition) is 2. The van der Waals surface area contributed by atoms with Crippen molar-refractivity contribution >= 4 is 6.03 Å². The van der Waals surface area contributed by atoms with Crippen molar-refractivity contribution in [2.24, 2.45) is 5.92 Å². The first kappa shape index (κ1) is 16.5. The van der Waals surface area contributed by atoms with Crippen molar-refractivity contribution in [3.8, 4) is 0 Å². The highest BCUT2D eigenvalue weighted by atomic mass is 16.2. The lowest BCUT2D eigenvalue weighted by molar-refractivity contribution is 0.228. The fraction of sp³-hybridized carbons (Fsp3) is 0.500. The van der Waals surface area contributed by atoms with Crippen LogP contribution in [0.25, 0.3) is 0 Å². The second-order valence-electron chi connectivity index (χ2n) is 6.69. The van der Waals surface area contributed by atoms with E-state index in [-0.39, 0.29) is 6.03 Å². The number of hydrogen-bond acceptors (Lipinski definition) is 3. The lowest BCUT2D eigenvalue weighted by Gasteiger charge is -2.26. The highest BCUT2D eigenvalue weighted by molar-refractivity contribution is 5.74. The lowest BCUT2D eigenvalue weighted by Crippen LogP contribution is -2.43. The molecule has 0 radical (unpaired) electrons. The number of nitrogens with one attached hydrogen (secondary N) is 2. The average Bonchev–Trinajstić information content (AvgIpc) is 3.09. The van der Waals surface area contributed by atoms with E-state index in [2.05, 4.69) is 39.8 Å². The summed E-state index contributed by atoms with van der Waals surface area (Å²) in [6.45, 7) is 3.52. The van der Waals surface area contributed by atoms with Gasteiger partial charge in [-0.05, 0) is 42.7 Å². The summed E-state index contributed by atoms with van der Waals surface area (Å²) in [6, 6.07) is 8.44. The molecule has 24 heavy (non-hydrogen) atoms. The quantitative estimate of drug-likeness (QED) is 0.887. The Morgan fingerprint density at radius 3 is 2.54 bits per heavy atom. The van der Waals surface area contributed by atoms with Gasteiger partial charge in [0, 0.05) is 12.6 Å². The van der Waals surface area contributed by atoms with Gasteiger partial charge in [0.15, 0.2) is 0 Å². The molecule has 0 atom stereocenters. The van der Waals surface area contributed by atoms with Gasteiger partial charge < -0.3 is 10.6 Å². The van der Waals surface area contributed by atoms with E-state index in [1.807, 2.05) is 12.1 Å². The number of nitrogens with zero attached hydrogens (tertiary/aromatic N) is 3. The molecule has 0 unspecified atom stereocenters. The number of benzene rings is 1. The fourth-order valence-corrected chi connectivity index (χ4v) is 3.09. The molecule has 0 saturated heterocycles. The summed E-state index contributed by atoms with van der Waals surface area (Å²) in [4.78, 5) is 15.9. The molecule has 1 aromatic carbocycles. The largest absolute Gasteiger partial charge is 0.335 e. The number of rotatable bonds is 5. The van der Waals surface area contributed by atoms with Crippen molar-refractivity contribution < 1.29 is 4.79 Å². The van der Waals surface area contributed by atoms with E-state index >= 15 is 0 Å². The molecule has 2 N–H and O–H groups in total. The summed E-state index contributed by atoms with van der Waals surface area (Å²) >= 11 is 0. The van der Waals surface area contributed by atoms with Crippen LogP contribution in [0.4, 0.5) is 4.79 Å². The Morgan fingerprint density at radius 2 is 1.88 bits per heavy atom. The SMILES string of the molecule is CC1CCC(NC(=O)NCc2ccc(Cn3cncn3)cc2)CC1. The molecule has 1 aliphatic rings. The highest BCUT2D eigenvalue weighted by Gasteiger charge is 2.19. The first-order valence-corrected chi connectivity index (χ1v) is 8.63. The van der Waals surface area contributed by atoms with Crippen LogP contribution in [-0.2, 0) is 13.1 Å². The van der Waals surface area contributed by atoms with Gasteiger partial charge in [0.2, 0.25) is 0 Å². The van der Waals surface area contributed by atoms with E-state index in [1.54, 1.807) is 11.0 Å². The van der Waals surface area contributed by atoms with Crippen molar-refractivity contribution in [3.05, 3.63) is 48.0 Å². The zero-order valence-corrected chi connectivity index (χ0v) is 14.1. The lowest BCUT2D eigenvalue weighted by atomic mass is 9.87. The fourth-order valence-electron chi connectivity index (χ4n) is 3.09. The summed E-state index contributed by atoms with van der Waals surface area (Å²) in [5, 5.41) is 10.1. The Labute approximate surface area is 142 Å². The summed E-state index contributed by atoms with van der Waals surface area (Å²) in [7, 11) is 0. The molecule has 0 aliphatic heterocycles. The van der Waals surface area contributed by atoms with Crippen LogP contribution in [-0.4, -0.2) is 26.8 Å². The molecule has 1 aromatic heterocycles. The summed E-state index contributed by atoms with van der Waals surface area (Å²) in [6.07, 6.45) is 7.82. The van der Waals surface area contributed by atoms with E-state index < -0.39 is 0 Å². The van der Waals surface area contributed by atoms with Crippen LogP contribution in [0.2, 0.25) is 0 Å². The zero-order valence-electron chi connectivity index (χ0n) is 14.1. The summed E-state index contributed by atoms with van der Waals surface area (Å²) in [5.41, 5.74) is 2.25. The first-order valence-electron chi connectivity index (χ1n) is 8.63. The van der Waals surface area contributed by atoms with Crippen molar-refractivity contribution in [1.29, 1.82) is 0 Å². The van der Waals surface area contributed by atoms with Gasteiger partial charge in [-0.15, -0.1) is 0 Å². The molecule has 2 aromatic rings. The monoisotopic (exact) mass is 327 g/mol. The van der Waals surface area contributed by atoms with E-state index in [1.165, 1.54) is 19.2 Å². The van der Waals surface area contributed by atoms with Crippen LogP contribution < -0.4 is 10.6 Å². The molecule has 1 fully saturated rings. The molecule has 128 valence electrons. The van der Waals surface area contributed by atoms with Crippen LogP contribution in [0.1, 0.15) is 43.7 Å². The molecule has 6 heteroatoms. The van der Waals surface area contributed by atoms with Gasteiger partial charge in [0.05, 0.1) is 6.54 Å². The third-order valence-corrected chi connectivity index (χ3v) is 4.64. The van der Waals surface area contributed by atoms with Crippen LogP contribution in [0.15, 0.2) is 36.9 Å². The van der Waals surface area contributed by atoms with E-state index in [0.717, 1.165) is 29.9 Å². The maximum absolute atomic E-state index is 12.0. The standard InChI is InChI=1S/C18H25N5O/c1-14-2-8-17(9-3-14)22-18(24)20-10-15-4-6-16(7-5-15)11-23-13-19-12-21-23/h4-7,12-14,17H,2-3,8-11H2,1H3,(H2,20,22,24). The number of urea groups is 1. The maximum Gasteiger partial charge on any atom is 0.315 e. The van der Waals surface area contributed by atoms with Gasteiger partial charge in [-0.3, -0.25) is 0 Å². The van der Waals surface area contributed by atoms with Gasteiger partial charge in [-0.2, -0.15) is 5.10 Å². The van der Waals surface area contributed by atoms with E-state index in [9.17, 15) is 4.79 Å². The Balaban J connectivity index is 1.42. The van der Waals surface area contributed by atoms with Crippen LogP contribution in [0.5, 0.6) is 0 Å². The molecular weight excluding hydrogens is 302 g/mol. The molecule has 0 spiro atoms. The predicted molar refractivity (Wildman–Crippen MR) is 92.4 cm³/mol. The third kappa shape index (κ3) is 4.81. The minimum Gasteiger partial charge on any atom is -0.335 e. The number of amides is 2. The maximum atomic E-state index is 12.0. The molecule has 1 aliphatic carbocycles. The predicted octanol–water partition coefficient (Wildman–Crippen LogP) is 2.70. The van der Waals surface area contributed by atoms with Crippen LogP contribution >= 0.6 is 0 Å². The van der Waals surface area contributed by atoms with Crippen molar-refractivity contribution in [2.45, 2.75) is 51.7 Å². The minimum atomic E-state index is -0.0683. The van der Waals surface area contributed by atoms with Crippen LogP contribution in [0.3, 0.4) is 0 Å². The van der Waals surface area contributed by atoms with Gasteiger partial charge in [-0.1, -0.05) is 31.2 Å². The molecule has 1 saturated carbocycles. The van der Waals surface area contributed by atoms with Gasteiger partial charge in [-0.25, -0.2) is 14.5 Å². The van der Waals surface area contributed by atoms with Crippen molar-refractivity contribution in [2.75, 3.05) is 0 Å². The van der Waals surface area contributed by atoms with Gasteiger partial charge in [0.25, 0.3) is 0 Å². The minimum absolute atomic E-state index is 0.0683. The molecular formula is C18H25N5O. The van der Waals surface area contributed by atoms with Crippen molar-refractivity contribution in [3.63, 3.8) is 0 Å². The smallest absolute Gasteiger partial charge is 0.315 e. The van der Waals surface area contributed by atoms with Gasteiger partial charge in [0.1, 0.15) is 12.7 Å². The third-order valence-electron chi connectivity index (χ3n) is 4.64. The molecule has 3 rings (SSSR count). The molecule has 1 heterocycles. The van der Waals surface area contributed by atoms with Crippen LogP contribution in [0, 0.1) is 5.92 Å². The summed E-state index contributed by atoms with van der Waals surface area (Å²) in [5.74, 6) is 0.794. The average molecular weight is 327 g/mol. The normalized spacial score (nSPS) is 20.5. The number of carbonyl (C=O) groups excluding carboxylic acids is 1. The van der Waals surface area contributed by atoms with Gasteiger partial charge >= 0.3 is 6.03 Å². The molecule has 6 nitrogen and oxygen atoms in total.